The molecule has 3 aromatic heterocycles. The van der Waals surface area contributed by atoms with Gasteiger partial charge in [0.05, 0.1) is 22.1 Å². The minimum atomic E-state index is 0.803. The lowest BCUT2D eigenvalue weighted by atomic mass is 10.0. The second kappa shape index (κ2) is 7.71. The molecule has 0 fully saturated rings. The maximum absolute atomic E-state index is 4.93. The van der Waals surface area contributed by atoms with Crippen LogP contribution < -0.4 is 0 Å². The quantitative estimate of drug-likeness (QED) is 0.297. The van der Waals surface area contributed by atoms with Crippen LogP contribution >= 0.6 is 0 Å². The van der Waals surface area contributed by atoms with E-state index in [2.05, 4.69) is 76.1 Å². The summed E-state index contributed by atoms with van der Waals surface area (Å²) in [5, 5.41) is 2.51. The summed E-state index contributed by atoms with van der Waals surface area (Å²) in [6, 6.07) is 31.6. The number of aryl methyl sites for hydroxylation is 1. The van der Waals surface area contributed by atoms with E-state index in [-0.39, 0.29) is 0 Å². The molecule has 168 valence electrons. The van der Waals surface area contributed by atoms with Gasteiger partial charge < -0.3 is 14.5 Å². The van der Waals surface area contributed by atoms with E-state index in [0.717, 1.165) is 51.4 Å². The Kier molecular flexibility index (Phi) is 4.36. The highest BCUT2D eigenvalue weighted by Crippen LogP contribution is 2.33. The molecule has 3 heterocycles. The Morgan fingerprint density at radius 1 is 0.743 bits per heavy atom. The molecule has 0 aliphatic rings. The molecule has 0 aliphatic carbocycles. The van der Waals surface area contributed by atoms with Crippen molar-refractivity contribution in [2.75, 3.05) is 0 Å². The first-order chi connectivity index (χ1) is 17.3. The molecular formula is C30H23N5. The zero-order valence-corrected chi connectivity index (χ0v) is 19.3. The lowest BCUT2D eigenvalue weighted by Gasteiger charge is -2.07. The van der Waals surface area contributed by atoms with Crippen LogP contribution in [0.15, 0.2) is 91.0 Å². The van der Waals surface area contributed by atoms with E-state index in [4.69, 9.17) is 9.97 Å². The smallest absolute Gasteiger partial charge is 0.139 e. The summed E-state index contributed by atoms with van der Waals surface area (Å²) < 4.78 is 2.37. The number of hydrogen-bond donors (Lipinski definition) is 2. The second-order valence-corrected chi connectivity index (χ2v) is 8.79. The van der Waals surface area contributed by atoms with E-state index in [1.54, 1.807) is 0 Å². The minimum absolute atomic E-state index is 0.803. The van der Waals surface area contributed by atoms with Crippen LogP contribution in [0.3, 0.4) is 0 Å². The van der Waals surface area contributed by atoms with Crippen molar-refractivity contribution < 1.29 is 0 Å². The van der Waals surface area contributed by atoms with Gasteiger partial charge in [0.2, 0.25) is 0 Å². The first-order valence-electron chi connectivity index (χ1n) is 11.9. The van der Waals surface area contributed by atoms with Crippen LogP contribution in [0.4, 0.5) is 0 Å². The highest BCUT2D eigenvalue weighted by molar-refractivity contribution is 6.09. The molecule has 5 nitrogen and oxygen atoms in total. The highest BCUT2D eigenvalue weighted by Gasteiger charge is 2.15. The van der Waals surface area contributed by atoms with E-state index >= 15 is 0 Å². The lowest BCUT2D eigenvalue weighted by molar-refractivity contribution is 0.827. The maximum Gasteiger partial charge on any atom is 0.139 e. The van der Waals surface area contributed by atoms with Gasteiger partial charge in [0.25, 0.3) is 0 Å². The topological polar surface area (TPSA) is 62.3 Å². The minimum Gasteiger partial charge on any atom is -0.341 e. The summed E-state index contributed by atoms with van der Waals surface area (Å²) >= 11 is 0. The fourth-order valence-corrected chi connectivity index (χ4v) is 5.11. The van der Waals surface area contributed by atoms with Gasteiger partial charge in [0.15, 0.2) is 0 Å². The third-order valence-corrected chi connectivity index (χ3v) is 6.73. The Balaban J connectivity index is 1.49. The van der Waals surface area contributed by atoms with Gasteiger partial charge in [0, 0.05) is 33.9 Å². The number of H-pyrrole nitrogens is 2. The van der Waals surface area contributed by atoms with E-state index in [0.29, 0.717) is 0 Å². The summed E-state index contributed by atoms with van der Waals surface area (Å²) in [5.41, 5.74) is 8.52. The molecule has 0 saturated heterocycles. The monoisotopic (exact) mass is 453 g/mol. The molecule has 2 N–H and O–H groups in total. The predicted molar refractivity (Wildman–Crippen MR) is 144 cm³/mol. The standard InChI is InChI=1S/C30H23N5/c1-2-35-27-14-8-3-9-20(27)22-17-19(15-16-28(22)35)21(30-33-25-12-6-7-13-26(25)34-30)18-29-31-23-10-4-5-11-24(23)32-29/h3-18H,2H2,1H3,(H,31,32)(H,33,34). The number of aromatic amines is 2. The molecule has 0 aliphatic heterocycles. The van der Waals surface area contributed by atoms with Crippen molar-refractivity contribution >= 4 is 55.5 Å². The average Bonchev–Trinajstić information content (AvgIpc) is 3.59. The Bertz CT molecular complexity index is 1830. The van der Waals surface area contributed by atoms with Crippen LogP contribution in [0.5, 0.6) is 0 Å². The molecule has 0 atom stereocenters. The number of nitrogens with zero attached hydrogens (tertiary/aromatic N) is 3. The van der Waals surface area contributed by atoms with Crippen LogP contribution in [0.25, 0.3) is 55.5 Å². The van der Waals surface area contributed by atoms with Gasteiger partial charge in [-0.3, -0.25) is 0 Å². The van der Waals surface area contributed by atoms with Crippen LogP contribution in [0.1, 0.15) is 24.1 Å². The fourth-order valence-electron chi connectivity index (χ4n) is 5.11. The molecule has 0 unspecified atom stereocenters. The van der Waals surface area contributed by atoms with E-state index in [1.807, 2.05) is 42.5 Å². The van der Waals surface area contributed by atoms with Gasteiger partial charge in [-0.2, -0.15) is 0 Å². The van der Waals surface area contributed by atoms with Crippen molar-refractivity contribution in [3.8, 4) is 0 Å². The molecule has 0 amide bonds. The third-order valence-electron chi connectivity index (χ3n) is 6.73. The van der Waals surface area contributed by atoms with E-state index in [9.17, 15) is 0 Å². The third kappa shape index (κ3) is 3.16. The number of rotatable bonds is 4. The predicted octanol–water partition coefficient (Wildman–Crippen LogP) is 7.16. The van der Waals surface area contributed by atoms with Gasteiger partial charge in [-0.15, -0.1) is 0 Å². The maximum atomic E-state index is 4.93. The number of hydrogen-bond acceptors (Lipinski definition) is 2. The number of aromatic nitrogens is 5. The lowest BCUT2D eigenvalue weighted by Crippen LogP contribution is -1.94. The van der Waals surface area contributed by atoms with E-state index in [1.165, 1.54) is 21.8 Å². The largest absolute Gasteiger partial charge is 0.341 e. The van der Waals surface area contributed by atoms with Gasteiger partial charge >= 0.3 is 0 Å². The summed E-state index contributed by atoms with van der Waals surface area (Å²) in [6.45, 7) is 3.12. The van der Waals surface area contributed by atoms with Gasteiger partial charge in [-0.1, -0.05) is 48.5 Å². The summed E-state index contributed by atoms with van der Waals surface area (Å²) in [7, 11) is 0. The van der Waals surface area contributed by atoms with Crippen LogP contribution in [-0.4, -0.2) is 24.5 Å². The van der Waals surface area contributed by atoms with Crippen LogP contribution in [0, 0.1) is 0 Å². The first kappa shape index (κ1) is 19.8. The van der Waals surface area contributed by atoms with Crippen molar-refractivity contribution in [3.05, 3.63) is 108 Å². The van der Waals surface area contributed by atoms with Crippen LogP contribution in [0.2, 0.25) is 0 Å². The van der Waals surface area contributed by atoms with Crippen molar-refractivity contribution in [3.63, 3.8) is 0 Å². The van der Waals surface area contributed by atoms with Crippen molar-refractivity contribution in [1.82, 2.24) is 24.5 Å². The SMILES string of the molecule is CCn1c2ccccc2c2cc(C(=Cc3nc4ccccc4[nH]3)c3nc4ccccc4[nH]3)ccc21. The van der Waals surface area contributed by atoms with Crippen molar-refractivity contribution in [2.24, 2.45) is 0 Å². The van der Waals surface area contributed by atoms with E-state index < -0.39 is 0 Å². The van der Waals surface area contributed by atoms with Crippen molar-refractivity contribution in [2.45, 2.75) is 13.5 Å². The second-order valence-electron chi connectivity index (χ2n) is 8.79. The molecule has 0 spiro atoms. The molecule has 0 saturated carbocycles. The first-order valence-corrected chi connectivity index (χ1v) is 11.9. The zero-order chi connectivity index (χ0) is 23.4. The Morgan fingerprint density at radius 2 is 1.43 bits per heavy atom. The van der Waals surface area contributed by atoms with Crippen molar-refractivity contribution in [1.29, 1.82) is 0 Å². The molecule has 4 aromatic carbocycles. The molecule has 7 rings (SSSR count). The molecular weight excluding hydrogens is 430 g/mol. The Morgan fingerprint density at radius 3 is 2.20 bits per heavy atom. The fraction of sp³-hybridized carbons (Fsp3) is 0.0667. The number of nitrogens with one attached hydrogen (secondary N) is 2. The summed E-state index contributed by atoms with van der Waals surface area (Å²) in [6.07, 6.45) is 2.10. The normalized spacial score (nSPS) is 12.4. The molecule has 35 heavy (non-hydrogen) atoms. The molecule has 0 radical (unpaired) electrons. The number of fused-ring (bicyclic) bond motifs is 5. The van der Waals surface area contributed by atoms with Gasteiger partial charge in [0.1, 0.15) is 11.6 Å². The summed E-state index contributed by atoms with van der Waals surface area (Å²) in [5.74, 6) is 1.63. The zero-order valence-electron chi connectivity index (χ0n) is 19.3. The van der Waals surface area contributed by atoms with Gasteiger partial charge in [-0.05, 0) is 61.0 Å². The Hall–Kier alpha value is -4.64. The number of para-hydroxylation sites is 5. The molecule has 7 aromatic rings. The number of imidazole rings is 2. The van der Waals surface area contributed by atoms with Gasteiger partial charge in [-0.25, -0.2) is 9.97 Å². The number of benzene rings is 4. The van der Waals surface area contributed by atoms with Crippen LogP contribution in [-0.2, 0) is 6.54 Å². The highest BCUT2D eigenvalue weighted by atomic mass is 15.0. The summed E-state index contributed by atoms with van der Waals surface area (Å²) in [4.78, 5) is 16.7. The average molecular weight is 454 g/mol. The molecule has 5 heteroatoms. The molecule has 0 bridgehead atoms. The Labute approximate surface area is 201 Å².